The average Bonchev–Trinajstić information content (AvgIpc) is 3.24. The number of anilines is 2. The number of amides is 1. The molecule has 2 atom stereocenters. The molecule has 1 aromatic heterocycles. The summed E-state index contributed by atoms with van der Waals surface area (Å²) in [7, 11) is 0. The lowest BCUT2D eigenvalue weighted by Crippen LogP contribution is -2.30. The number of fused-ring (bicyclic) bond motifs is 1. The zero-order valence-corrected chi connectivity index (χ0v) is 17.5. The normalized spacial score (nSPS) is 18.2. The highest BCUT2D eigenvalue weighted by Gasteiger charge is 2.30. The van der Waals surface area contributed by atoms with Gasteiger partial charge in [-0.2, -0.15) is 0 Å². The van der Waals surface area contributed by atoms with Crippen molar-refractivity contribution in [1.29, 1.82) is 0 Å². The summed E-state index contributed by atoms with van der Waals surface area (Å²) < 4.78 is 22.6. The van der Waals surface area contributed by atoms with E-state index < -0.39 is 12.2 Å². The number of para-hydroxylation sites is 3. The summed E-state index contributed by atoms with van der Waals surface area (Å²) in [5.41, 5.74) is 8.66. The van der Waals surface area contributed by atoms with E-state index in [1.54, 1.807) is 36.6 Å². The van der Waals surface area contributed by atoms with Gasteiger partial charge in [-0.3, -0.25) is 4.79 Å². The van der Waals surface area contributed by atoms with Crippen molar-refractivity contribution < 1.29 is 28.5 Å². The maximum Gasteiger partial charge on any atom is 0.290 e. The van der Waals surface area contributed by atoms with E-state index in [0.717, 1.165) is 16.5 Å². The van der Waals surface area contributed by atoms with Crippen molar-refractivity contribution in [3.63, 3.8) is 0 Å². The molecule has 2 unspecified atom stereocenters. The second-order valence-corrected chi connectivity index (χ2v) is 7.36. The third-order valence-electron chi connectivity index (χ3n) is 5.17. The van der Waals surface area contributed by atoms with E-state index in [-0.39, 0.29) is 31.5 Å². The molecule has 8 nitrogen and oxygen atoms in total. The molecule has 1 aliphatic rings. The van der Waals surface area contributed by atoms with Crippen LogP contribution in [0.15, 0.2) is 71.0 Å². The van der Waals surface area contributed by atoms with Crippen LogP contribution in [-0.2, 0) is 19.0 Å². The molecule has 0 fully saturated rings. The Morgan fingerprint density at radius 3 is 2.78 bits per heavy atom. The van der Waals surface area contributed by atoms with Gasteiger partial charge in [-0.1, -0.05) is 30.3 Å². The largest absolute Gasteiger partial charge is 0.464 e. The Bertz CT molecular complexity index is 1090. The summed E-state index contributed by atoms with van der Waals surface area (Å²) in [5.74, 6) is -0.411. The topological polar surface area (TPSA) is 116 Å². The number of nitrogens with two attached hydrogens (primary N) is 1. The van der Waals surface area contributed by atoms with Gasteiger partial charge in [0.1, 0.15) is 5.58 Å². The second kappa shape index (κ2) is 10.3. The first-order valence-electron chi connectivity index (χ1n) is 10.5. The van der Waals surface area contributed by atoms with Crippen molar-refractivity contribution in [2.24, 2.45) is 0 Å². The molecule has 1 amide bonds. The van der Waals surface area contributed by atoms with E-state index >= 15 is 0 Å². The number of rotatable bonds is 9. The van der Waals surface area contributed by atoms with Crippen molar-refractivity contribution >= 4 is 28.3 Å². The van der Waals surface area contributed by atoms with Gasteiger partial charge < -0.3 is 34.8 Å². The highest BCUT2D eigenvalue weighted by Crippen LogP contribution is 2.36. The highest BCUT2D eigenvalue weighted by molar-refractivity contribution is 6.04. The number of carbonyl (C=O) groups excluding carboxylic acids is 1. The fraction of sp³-hybridized carbons (Fsp3) is 0.292. The Hall–Kier alpha value is -3.33. The molecule has 0 bridgehead atoms. The third kappa shape index (κ3) is 5.11. The molecule has 0 spiro atoms. The van der Waals surface area contributed by atoms with Crippen LogP contribution < -0.4 is 11.1 Å². The van der Waals surface area contributed by atoms with Gasteiger partial charge in [0.25, 0.3) is 5.91 Å². The second-order valence-electron chi connectivity index (χ2n) is 7.36. The molecular formula is C24H26N2O6. The molecule has 2 heterocycles. The van der Waals surface area contributed by atoms with E-state index in [9.17, 15) is 4.79 Å². The van der Waals surface area contributed by atoms with Crippen molar-refractivity contribution in [3.8, 4) is 0 Å². The van der Waals surface area contributed by atoms with Crippen LogP contribution in [0.4, 0.5) is 11.4 Å². The summed E-state index contributed by atoms with van der Waals surface area (Å²) >= 11 is 0. The maximum atomic E-state index is 13.0. The molecular weight excluding hydrogens is 412 g/mol. The lowest BCUT2D eigenvalue weighted by Gasteiger charge is -2.29. The van der Waals surface area contributed by atoms with E-state index in [0.29, 0.717) is 24.4 Å². The maximum absolute atomic E-state index is 13.0. The van der Waals surface area contributed by atoms with Crippen LogP contribution in [0.5, 0.6) is 0 Å². The molecule has 0 aliphatic carbocycles. The summed E-state index contributed by atoms with van der Waals surface area (Å²) in [6, 6.07) is 14.8. The number of allylic oxidation sites excluding steroid dienone is 1. The van der Waals surface area contributed by atoms with Crippen LogP contribution in [0, 0.1) is 0 Å². The van der Waals surface area contributed by atoms with Gasteiger partial charge in [0.15, 0.2) is 5.76 Å². The zero-order chi connectivity index (χ0) is 22.3. The zero-order valence-electron chi connectivity index (χ0n) is 17.5. The van der Waals surface area contributed by atoms with Crippen LogP contribution >= 0.6 is 0 Å². The summed E-state index contributed by atoms with van der Waals surface area (Å²) in [6.07, 6.45) is 3.36. The first-order chi connectivity index (χ1) is 15.7. The minimum atomic E-state index is -0.648. The quantitative estimate of drug-likeness (QED) is 0.346. The number of aliphatic hydroxyl groups is 1. The molecule has 0 radical (unpaired) electrons. The molecule has 0 saturated carbocycles. The SMILES string of the molecule is Nc1ccccc1NC(=O)C1=CC(c2coc3ccccc23)CC(OCCOCCO)O1. The lowest BCUT2D eigenvalue weighted by atomic mass is 9.92. The number of hydrogen-bond acceptors (Lipinski definition) is 7. The van der Waals surface area contributed by atoms with Gasteiger partial charge >= 0.3 is 0 Å². The van der Waals surface area contributed by atoms with Crippen molar-refractivity contribution in [1.82, 2.24) is 0 Å². The first kappa shape index (κ1) is 21.9. The Morgan fingerprint density at radius 2 is 1.94 bits per heavy atom. The third-order valence-corrected chi connectivity index (χ3v) is 5.17. The van der Waals surface area contributed by atoms with Gasteiger partial charge in [0.2, 0.25) is 6.29 Å². The van der Waals surface area contributed by atoms with Crippen LogP contribution in [0.25, 0.3) is 11.0 Å². The number of carbonyl (C=O) groups is 1. The van der Waals surface area contributed by atoms with Crippen molar-refractivity contribution in [2.75, 3.05) is 37.5 Å². The van der Waals surface area contributed by atoms with Gasteiger partial charge in [0, 0.05) is 23.3 Å². The number of aliphatic hydroxyl groups excluding tert-OH is 1. The minimum Gasteiger partial charge on any atom is -0.464 e. The number of nitrogens with one attached hydrogen (secondary N) is 1. The number of nitrogen functional groups attached to an aromatic ring is 1. The number of hydrogen-bond donors (Lipinski definition) is 3. The fourth-order valence-corrected chi connectivity index (χ4v) is 3.62. The Labute approximate surface area is 185 Å². The van der Waals surface area contributed by atoms with Gasteiger partial charge in [-0.05, 0) is 24.3 Å². The van der Waals surface area contributed by atoms with Gasteiger partial charge in [-0.15, -0.1) is 0 Å². The summed E-state index contributed by atoms with van der Waals surface area (Å²) in [4.78, 5) is 13.0. The average molecular weight is 438 g/mol. The molecule has 8 heteroatoms. The van der Waals surface area contributed by atoms with E-state index in [4.69, 9.17) is 29.5 Å². The number of benzene rings is 2. The van der Waals surface area contributed by atoms with Gasteiger partial charge in [-0.25, -0.2) is 0 Å². The number of ether oxygens (including phenoxy) is 3. The summed E-state index contributed by atoms with van der Waals surface area (Å²) in [5, 5.41) is 12.6. The molecule has 32 heavy (non-hydrogen) atoms. The first-order valence-corrected chi connectivity index (χ1v) is 10.5. The van der Waals surface area contributed by atoms with Gasteiger partial charge in [0.05, 0.1) is 44.1 Å². The highest BCUT2D eigenvalue weighted by atomic mass is 16.7. The van der Waals surface area contributed by atoms with Crippen molar-refractivity contribution in [2.45, 2.75) is 18.6 Å². The molecule has 3 aromatic rings. The fourth-order valence-electron chi connectivity index (χ4n) is 3.62. The molecule has 1 aliphatic heterocycles. The smallest absolute Gasteiger partial charge is 0.290 e. The van der Waals surface area contributed by atoms with Crippen LogP contribution in [-0.4, -0.2) is 43.7 Å². The molecule has 168 valence electrons. The Kier molecular flexibility index (Phi) is 7.06. The monoisotopic (exact) mass is 438 g/mol. The molecule has 4 rings (SSSR count). The predicted octanol–water partition coefficient (Wildman–Crippen LogP) is 3.39. The standard InChI is InChI=1S/C24H26N2O6/c25-19-6-2-3-7-20(19)26-24(28)22-13-16(14-23(32-22)30-12-11-29-10-9-27)18-15-31-21-8-4-1-5-17(18)21/h1-8,13,15-16,23,27H,9-12,14,25H2,(H,26,28). The Balaban J connectivity index is 1.55. The molecule has 0 saturated heterocycles. The van der Waals surface area contributed by atoms with E-state index in [1.807, 2.05) is 24.3 Å². The minimum absolute atomic E-state index is 0.0504. The summed E-state index contributed by atoms with van der Waals surface area (Å²) in [6.45, 7) is 0.769. The molecule has 2 aromatic carbocycles. The van der Waals surface area contributed by atoms with Crippen LogP contribution in [0.2, 0.25) is 0 Å². The molecule has 4 N–H and O–H groups in total. The van der Waals surface area contributed by atoms with Crippen LogP contribution in [0.1, 0.15) is 17.9 Å². The predicted molar refractivity (Wildman–Crippen MR) is 120 cm³/mol. The van der Waals surface area contributed by atoms with E-state index in [2.05, 4.69) is 5.32 Å². The van der Waals surface area contributed by atoms with Crippen LogP contribution in [0.3, 0.4) is 0 Å². The number of furan rings is 1. The lowest BCUT2D eigenvalue weighted by molar-refractivity contribution is -0.148. The Morgan fingerprint density at radius 1 is 1.12 bits per heavy atom. The van der Waals surface area contributed by atoms with E-state index in [1.165, 1.54) is 0 Å². The van der Waals surface area contributed by atoms with Crippen molar-refractivity contribution in [3.05, 3.63) is 72.2 Å².